The van der Waals surface area contributed by atoms with E-state index in [4.69, 9.17) is 9.84 Å². The topological polar surface area (TPSA) is 67.6 Å². The smallest absolute Gasteiger partial charge is 0.356 e. The van der Waals surface area contributed by atoms with Crippen molar-refractivity contribution in [3.63, 3.8) is 0 Å². The van der Waals surface area contributed by atoms with E-state index in [0.717, 1.165) is 30.0 Å². The second-order valence-electron chi connectivity index (χ2n) is 6.32. The van der Waals surface area contributed by atoms with Gasteiger partial charge in [-0.3, -0.25) is 0 Å². The van der Waals surface area contributed by atoms with Crippen molar-refractivity contribution in [1.29, 1.82) is 0 Å². The van der Waals surface area contributed by atoms with Crippen LogP contribution in [-0.4, -0.2) is 41.1 Å². The molecule has 0 radical (unpaired) electrons. The van der Waals surface area contributed by atoms with Gasteiger partial charge in [-0.1, -0.05) is 18.2 Å². The highest BCUT2D eigenvalue weighted by Crippen LogP contribution is 2.29. The number of hydrogen-bond acceptors (Lipinski definition) is 4. The van der Waals surface area contributed by atoms with Gasteiger partial charge < -0.3 is 14.7 Å². The maximum atomic E-state index is 11.0. The van der Waals surface area contributed by atoms with Crippen LogP contribution >= 0.6 is 0 Å². The lowest BCUT2D eigenvalue weighted by Crippen LogP contribution is -2.20. The fraction of sp³-hybridized carbons (Fsp3) is 0.200. The minimum absolute atomic E-state index is 0.0314. The van der Waals surface area contributed by atoms with Gasteiger partial charge in [-0.25, -0.2) is 9.48 Å². The van der Waals surface area contributed by atoms with E-state index in [1.165, 1.54) is 17.3 Å². The monoisotopic (exact) mass is 349 g/mol. The van der Waals surface area contributed by atoms with E-state index in [-0.39, 0.29) is 5.69 Å². The number of aromatic nitrogens is 2. The number of hydrogen-bond donors (Lipinski definition) is 1. The number of anilines is 1. The number of nitrogens with zero attached hydrogens (tertiary/aromatic N) is 3. The van der Waals surface area contributed by atoms with Crippen LogP contribution in [0.3, 0.4) is 0 Å². The molecule has 0 unspecified atom stereocenters. The third-order valence-corrected chi connectivity index (χ3v) is 4.59. The van der Waals surface area contributed by atoms with Crippen LogP contribution in [0.15, 0.2) is 54.7 Å². The maximum absolute atomic E-state index is 11.0. The molecule has 0 aliphatic carbocycles. The van der Waals surface area contributed by atoms with E-state index in [9.17, 15) is 4.79 Å². The van der Waals surface area contributed by atoms with Gasteiger partial charge in [0.25, 0.3) is 0 Å². The lowest BCUT2D eigenvalue weighted by atomic mass is 10.0. The number of ether oxygens (including phenoxy) is 1. The Kier molecular flexibility index (Phi) is 4.18. The Balaban J connectivity index is 1.62. The minimum Gasteiger partial charge on any atom is -0.476 e. The minimum atomic E-state index is -1.03. The number of carbonyl (C=O) groups is 1. The SMILES string of the molecule is CN1CCOCc2cc(-c3ccc(-n4ccc(C(=O)O)n4)cc3)ccc21. The van der Waals surface area contributed by atoms with Gasteiger partial charge in [0.05, 0.1) is 18.9 Å². The molecule has 26 heavy (non-hydrogen) atoms. The molecule has 0 fully saturated rings. The van der Waals surface area contributed by atoms with Crippen molar-refractivity contribution in [2.45, 2.75) is 6.61 Å². The van der Waals surface area contributed by atoms with Gasteiger partial charge >= 0.3 is 5.97 Å². The molecular formula is C20H19N3O3. The van der Waals surface area contributed by atoms with Crippen LogP contribution in [0, 0.1) is 0 Å². The van der Waals surface area contributed by atoms with Gasteiger partial charge in [0.2, 0.25) is 0 Å². The quantitative estimate of drug-likeness (QED) is 0.786. The summed E-state index contributed by atoms with van der Waals surface area (Å²) in [5.74, 6) is -1.03. The Morgan fingerprint density at radius 1 is 1.12 bits per heavy atom. The predicted molar refractivity (Wildman–Crippen MR) is 98.9 cm³/mol. The number of likely N-dealkylation sites (N-methyl/N-ethyl adjacent to an activating group) is 1. The van der Waals surface area contributed by atoms with Gasteiger partial charge in [0, 0.05) is 31.0 Å². The highest BCUT2D eigenvalue weighted by atomic mass is 16.5. The molecule has 1 aromatic heterocycles. The molecule has 1 N–H and O–H groups in total. The van der Waals surface area contributed by atoms with E-state index < -0.39 is 5.97 Å². The number of benzene rings is 2. The molecule has 3 aromatic rings. The summed E-state index contributed by atoms with van der Waals surface area (Å²) in [6.07, 6.45) is 1.65. The molecule has 0 atom stereocenters. The van der Waals surface area contributed by atoms with Crippen LogP contribution in [0.25, 0.3) is 16.8 Å². The molecule has 0 spiro atoms. The number of carboxylic acid groups (broad SMARTS) is 1. The average Bonchev–Trinajstić information content (AvgIpc) is 3.08. The summed E-state index contributed by atoms with van der Waals surface area (Å²) in [7, 11) is 2.08. The first kappa shape index (κ1) is 16.4. The van der Waals surface area contributed by atoms with E-state index in [2.05, 4.69) is 35.2 Å². The molecule has 1 aliphatic rings. The van der Waals surface area contributed by atoms with Crippen LogP contribution in [0.4, 0.5) is 5.69 Å². The van der Waals surface area contributed by atoms with Crippen molar-refractivity contribution in [2.75, 3.05) is 25.1 Å². The first-order chi connectivity index (χ1) is 12.6. The summed E-state index contributed by atoms with van der Waals surface area (Å²) < 4.78 is 7.24. The standard InChI is InChI=1S/C20H19N3O3/c1-22-10-11-26-13-16-12-15(4-7-19(16)22)14-2-5-17(6-3-14)23-9-8-18(21-23)20(24)25/h2-9,12H,10-11,13H2,1H3,(H,24,25). The van der Waals surface area contributed by atoms with Gasteiger partial charge in [0.15, 0.2) is 5.69 Å². The van der Waals surface area contributed by atoms with Crippen molar-refractivity contribution in [3.05, 3.63) is 66.0 Å². The van der Waals surface area contributed by atoms with E-state index in [0.29, 0.717) is 6.61 Å². The Bertz CT molecular complexity index is 947. The number of fused-ring (bicyclic) bond motifs is 1. The van der Waals surface area contributed by atoms with Gasteiger partial charge in [-0.15, -0.1) is 0 Å². The Morgan fingerprint density at radius 2 is 1.88 bits per heavy atom. The van der Waals surface area contributed by atoms with Crippen LogP contribution in [0.5, 0.6) is 0 Å². The van der Waals surface area contributed by atoms with E-state index in [1.54, 1.807) is 10.9 Å². The summed E-state index contributed by atoms with van der Waals surface area (Å²) in [5.41, 5.74) is 5.46. The van der Waals surface area contributed by atoms with Crippen LogP contribution in [0.2, 0.25) is 0 Å². The molecule has 0 bridgehead atoms. The average molecular weight is 349 g/mol. The lowest BCUT2D eigenvalue weighted by molar-refractivity contribution is 0.0690. The van der Waals surface area contributed by atoms with Crippen LogP contribution in [-0.2, 0) is 11.3 Å². The highest BCUT2D eigenvalue weighted by Gasteiger charge is 2.13. The predicted octanol–water partition coefficient (Wildman–Crippen LogP) is 3.20. The third-order valence-electron chi connectivity index (χ3n) is 4.59. The van der Waals surface area contributed by atoms with Crippen molar-refractivity contribution < 1.29 is 14.6 Å². The molecule has 0 saturated heterocycles. The van der Waals surface area contributed by atoms with Crippen molar-refractivity contribution in [1.82, 2.24) is 9.78 Å². The third kappa shape index (κ3) is 3.07. The zero-order chi connectivity index (χ0) is 18.1. The van der Waals surface area contributed by atoms with Crippen LogP contribution < -0.4 is 4.90 Å². The van der Waals surface area contributed by atoms with Gasteiger partial charge in [-0.05, 0) is 41.5 Å². The fourth-order valence-corrected chi connectivity index (χ4v) is 3.15. The molecule has 2 heterocycles. The summed E-state index contributed by atoms with van der Waals surface area (Å²) >= 11 is 0. The molecule has 4 rings (SSSR count). The molecule has 6 nitrogen and oxygen atoms in total. The molecule has 2 aromatic carbocycles. The number of carboxylic acids is 1. The first-order valence-corrected chi connectivity index (χ1v) is 8.43. The molecule has 0 amide bonds. The molecule has 1 aliphatic heterocycles. The Hall–Kier alpha value is -3.12. The van der Waals surface area contributed by atoms with Crippen molar-refractivity contribution >= 4 is 11.7 Å². The second-order valence-corrected chi connectivity index (χ2v) is 6.32. The molecule has 0 saturated carbocycles. The lowest BCUT2D eigenvalue weighted by Gasteiger charge is -2.19. The maximum Gasteiger partial charge on any atom is 0.356 e. The van der Waals surface area contributed by atoms with E-state index >= 15 is 0 Å². The number of aromatic carboxylic acids is 1. The van der Waals surface area contributed by atoms with Gasteiger partial charge in [0.1, 0.15) is 0 Å². The zero-order valence-electron chi connectivity index (χ0n) is 14.4. The van der Waals surface area contributed by atoms with E-state index in [1.807, 2.05) is 24.3 Å². The van der Waals surface area contributed by atoms with Crippen molar-refractivity contribution in [3.8, 4) is 16.8 Å². The van der Waals surface area contributed by atoms with Crippen molar-refractivity contribution in [2.24, 2.45) is 0 Å². The largest absolute Gasteiger partial charge is 0.476 e. The summed E-state index contributed by atoms with van der Waals surface area (Å²) in [4.78, 5) is 13.2. The molecule has 132 valence electrons. The second kappa shape index (κ2) is 6.65. The Labute approximate surface area is 151 Å². The zero-order valence-corrected chi connectivity index (χ0v) is 14.4. The molecule has 6 heteroatoms. The Morgan fingerprint density at radius 3 is 2.62 bits per heavy atom. The summed E-state index contributed by atoms with van der Waals surface area (Å²) in [5, 5.41) is 13.0. The highest BCUT2D eigenvalue weighted by molar-refractivity contribution is 5.85. The van der Waals surface area contributed by atoms with Gasteiger partial charge in [-0.2, -0.15) is 5.10 Å². The normalized spacial score (nSPS) is 14.0. The summed E-state index contributed by atoms with van der Waals surface area (Å²) in [6, 6.07) is 15.8. The van der Waals surface area contributed by atoms with Crippen LogP contribution in [0.1, 0.15) is 16.1 Å². The fourth-order valence-electron chi connectivity index (χ4n) is 3.15. The molecular weight excluding hydrogens is 330 g/mol. The first-order valence-electron chi connectivity index (χ1n) is 8.43. The number of rotatable bonds is 3. The summed E-state index contributed by atoms with van der Waals surface area (Å²) in [6.45, 7) is 2.25.